The van der Waals surface area contributed by atoms with E-state index >= 15 is 0 Å². The van der Waals surface area contributed by atoms with Crippen LogP contribution in [0.3, 0.4) is 0 Å². The molecule has 0 aromatic heterocycles. The van der Waals surface area contributed by atoms with E-state index in [0.717, 1.165) is 19.3 Å². The second-order valence-electron chi connectivity index (χ2n) is 3.31. The number of nitrogens with two attached hydrogens (primary N) is 2. The summed E-state index contributed by atoms with van der Waals surface area (Å²) < 4.78 is 4.93. The Morgan fingerprint density at radius 1 is 1.60 bits per heavy atom. The van der Waals surface area contributed by atoms with Crippen LogP contribution in [0.2, 0.25) is 0 Å². The minimum absolute atomic E-state index is 0.1000. The van der Waals surface area contributed by atoms with Crippen LogP contribution in [0.25, 0.3) is 0 Å². The van der Waals surface area contributed by atoms with E-state index in [1.807, 2.05) is 0 Å². The lowest BCUT2D eigenvalue weighted by atomic mass is 10.1. The lowest BCUT2D eigenvalue weighted by Crippen LogP contribution is -2.24. The van der Waals surface area contributed by atoms with Crippen LogP contribution in [0.15, 0.2) is 10.2 Å². The summed E-state index contributed by atoms with van der Waals surface area (Å²) in [4.78, 5) is 11.5. The molecule has 1 saturated carbocycles. The zero-order valence-electron chi connectivity index (χ0n) is 8.77. The van der Waals surface area contributed by atoms with E-state index in [1.54, 1.807) is 6.92 Å². The van der Waals surface area contributed by atoms with Gasteiger partial charge in [0.05, 0.1) is 18.2 Å². The van der Waals surface area contributed by atoms with Gasteiger partial charge in [-0.05, 0) is 26.2 Å². The summed E-state index contributed by atoms with van der Waals surface area (Å²) in [6.07, 6.45) is 2.43. The molecule has 1 rings (SSSR count). The standard InChI is InChI=1S/C9H16N4O2/c1-2-15-8(14)6-4-3-5-7(6)12-13-9(10)11/h6H,2-5H2,1H3,(H4,10,11,13). The number of hydrogen-bond donors (Lipinski definition) is 2. The number of esters is 1. The number of nitrogens with zero attached hydrogens (tertiary/aromatic N) is 2. The van der Waals surface area contributed by atoms with E-state index < -0.39 is 0 Å². The third-order valence-corrected chi connectivity index (χ3v) is 2.19. The maximum absolute atomic E-state index is 11.5. The molecule has 0 spiro atoms. The minimum atomic E-state index is -0.270. The lowest BCUT2D eigenvalue weighted by molar-refractivity contribution is -0.145. The Bertz CT molecular complexity index is 294. The van der Waals surface area contributed by atoms with E-state index in [2.05, 4.69) is 10.2 Å². The van der Waals surface area contributed by atoms with Gasteiger partial charge in [-0.3, -0.25) is 4.79 Å². The molecular weight excluding hydrogens is 196 g/mol. The topological polar surface area (TPSA) is 103 Å². The predicted molar refractivity (Wildman–Crippen MR) is 57.2 cm³/mol. The second kappa shape index (κ2) is 5.33. The van der Waals surface area contributed by atoms with Crippen LogP contribution in [0, 0.1) is 5.92 Å². The highest BCUT2D eigenvalue weighted by molar-refractivity contribution is 6.03. The predicted octanol–water partition coefficient (Wildman–Crippen LogP) is -0.0210. The Kier molecular flexibility index (Phi) is 4.08. The van der Waals surface area contributed by atoms with Crippen LogP contribution >= 0.6 is 0 Å². The summed E-state index contributed by atoms with van der Waals surface area (Å²) in [5, 5.41) is 7.41. The molecule has 0 saturated heterocycles. The first-order chi connectivity index (χ1) is 7.15. The molecule has 1 aliphatic rings. The molecule has 84 valence electrons. The third-order valence-electron chi connectivity index (χ3n) is 2.19. The Labute approximate surface area is 88.4 Å². The quantitative estimate of drug-likeness (QED) is 0.297. The first kappa shape index (κ1) is 11.5. The van der Waals surface area contributed by atoms with Crippen molar-refractivity contribution in [2.24, 2.45) is 27.6 Å². The highest BCUT2D eigenvalue weighted by Gasteiger charge is 2.30. The van der Waals surface area contributed by atoms with Crippen molar-refractivity contribution in [2.45, 2.75) is 26.2 Å². The van der Waals surface area contributed by atoms with Gasteiger partial charge in [0.2, 0.25) is 5.96 Å². The van der Waals surface area contributed by atoms with Crippen LogP contribution in [0.4, 0.5) is 0 Å². The van der Waals surface area contributed by atoms with Crippen molar-refractivity contribution >= 4 is 17.6 Å². The molecule has 1 fully saturated rings. The monoisotopic (exact) mass is 212 g/mol. The van der Waals surface area contributed by atoms with E-state index in [1.165, 1.54) is 0 Å². The summed E-state index contributed by atoms with van der Waals surface area (Å²) in [5.74, 6) is -0.607. The maximum atomic E-state index is 11.5. The van der Waals surface area contributed by atoms with E-state index in [4.69, 9.17) is 16.2 Å². The third kappa shape index (κ3) is 3.23. The Hall–Kier alpha value is -1.59. The van der Waals surface area contributed by atoms with Crippen LogP contribution in [-0.4, -0.2) is 24.2 Å². The van der Waals surface area contributed by atoms with Crippen LogP contribution in [0.5, 0.6) is 0 Å². The number of hydrogen-bond acceptors (Lipinski definition) is 4. The molecular formula is C9H16N4O2. The largest absolute Gasteiger partial charge is 0.465 e. The van der Waals surface area contributed by atoms with Gasteiger partial charge in [0, 0.05) is 0 Å². The molecule has 6 nitrogen and oxygen atoms in total. The van der Waals surface area contributed by atoms with E-state index in [0.29, 0.717) is 12.3 Å². The molecule has 0 heterocycles. The van der Waals surface area contributed by atoms with Gasteiger partial charge in [0.15, 0.2) is 0 Å². The van der Waals surface area contributed by atoms with Crippen LogP contribution < -0.4 is 11.5 Å². The number of rotatable bonds is 3. The van der Waals surface area contributed by atoms with Gasteiger partial charge in [0.1, 0.15) is 0 Å². The van der Waals surface area contributed by atoms with Gasteiger partial charge < -0.3 is 16.2 Å². The van der Waals surface area contributed by atoms with Gasteiger partial charge in [-0.15, -0.1) is 5.10 Å². The van der Waals surface area contributed by atoms with Gasteiger partial charge >= 0.3 is 5.97 Å². The molecule has 4 N–H and O–H groups in total. The molecule has 1 aliphatic carbocycles. The molecule has 0 amide bonds. The number of guanidine groups is 1. The summed E-state index contributed by atoms with van der Waals surface area (Å²) in [7, 11) is 0. The van der Waals surface area contributed by atoms with Crippen molar-refractivity contribution in [3.63, 3.8) is 0 Å². The van der Waals surface area contributed by atoms with Crippen molar-refractivity contribution in [2.75, 3.05) is 6.61 Å². The van der Waals surface area contributed by atoms with E-state index in [-0.39, 0.29) is 17.8 Å². The molecule has 0 radical (unpaired) electrons. The van der Waals surface area contributed by atoms with Crippen molar-refractivity contribution in [3.05, 3.63) is 0 Å². The van der Waals surface area contributed by atoms with Gasteiger partial charge in [-0.1, -0.05) is 0 Å². The normalized spacial score (nSPS) is 22.7. The van der Waals surface area contributed by atoms with Gasteiger partial charge in [-0.25, -0.2) is 0 Å². The molecule has 0 aromatic rings. The first-order valence-electron chi connectivity index (χ1n) is 4.97. The lowest BCUT2D eigenvalue weighted by Gasteiger charge is -2.08. The average Bonchev–Trinajstić information content (AvgIpc) is 2.62. The number of ether oxygens (including phenoxy) is 1. The van der Waals surface area contributed by atoms with Crippen molar-refractivity contribution in [1.82, 2.24) is 0 Å². The molecule has 0 aliphatic heterocycles. The molecule has 1 atom stereocenters. The number of carbonyl (C=O) groups excluding carboxylic acids is 1. The van der Waals surface area contributed by atoms with Gasteiger partial charge in [0.25, 0.3) is 0 Å². The van der Waals surface area contributed by atoms with Gasteiger partial charge in [-0.2, -0.15) is 5.10 Å². The summed E-state index contributed by atoms with van der Waals surface area (Å²) in [6.45, 7) is 2.16. The Morgan fingerprint density at radius 2 is 2.33 bits per heavy atom. The fraction of sp³-hybridized carbons (Fsp3) is 0.667. The Balaban J connectivity index is 2.68. The van der Waals surface area contributed by atoms with Crippen molar-refractivity contribution in [3.8, 4) is 0 Å². The fourth-order valence-electron chi connectivity index (χ4n) is 1.57. The molecule has 0 bridgehead atoms. The summed E-state index contributed by atoms with van der Waals surface area (Å²) >= 11 is 0. The summed E-state index contributed by atoms with van der Waals surface area (Å²) in [6, 6.07) is 0. The fourth-order valence-corrected chi connectivity index (χ4v) is 1.57. The Morgan fingerprint density at radius 3 is 2.93 bits per heavy atom. The molecule has 6 heteroatoms. The smallest absolute Gasteiger partial charge is 0.314 e. The van der Waals surface area contributed by atoms with Crippen molar-refractivity contribution in [1.29, 1.82) is 0 Å². The van der Waals surface area contributed by atoms with Crippen LogP contribution in [0.1, 0.15) is 26.2 Å². The minimum Gasteiger partial charge on any atom is -0.465 e. The zero-order valence-corrected chi connectivity index (χ0v) is 8.77. The molecule has 0 aromatic carbocycles. The molecule has 15 heavy (non-hydrogen) atoms. The number of carbonyl (C=O) groups is 1. The summed E-state index contributed by atoms with van der Waals surface area (Å²) in [5.41, 5.74) is 11.0. The first-order valence-corrected chi connectivity index (χ1v) is 4.97. The average molecular weight is 212 g/mol. The van der Waals surface area contributed by atoms with Crippen molar-refractivity contribution < 1.29 is 9.53 Å². The maximum Gasteiger partial charge on any atom is 0.314 e. The zero-order chi connectivity index (χ0) is 11.3. The SMILES string of the molecule is CCOC(=O)C1CCCC1=NN=C(N)N. The van der Waals surface area contributed by atoms with E-state index in [9.17, 15) is 4.79 Å². The second-order valence-corrected chi connectivity index (χ2v) is 3.31. The highest BCUT2D eigenvalue weighted by atomic mass is 16.5. The molecule has 1 unspecified atom stereocenters. The van der Waals surface area contributed by atoms with Crippen LogP contribution in [-0.2, 0) is 9.53 Å². The highest BCUT2D eigenvalue weighted by Crippen LogP contribution is 2.24.